The van der Waals surface area contributed by atoms with Gasteiger partial charge in [0.15, 0.2) is 0 Å². The van der Waals surface area contributed by atoms with E-state index in [1.807, 2.05) is 50.4 Å². The van der Waals surface area contributed by atoms with Crippen molar-refractivity contribution < 1.29 is 24.4 Å². The second kappa shape index (κ2) is 13.2. The zero-order chi connectivity index (χ0) is 24.4. The molecule has 5 amide bonds. The zero-order valence-corrected chi connectivity index (χ0v) is 20.2. The number of hydroxylamine groups is 1. The average molecular weight is 479 g/mol. The Balaban J connectivity index is 2.12. The fraction of sp³-hybridized carbons (Fsp3) is 0.565. The first kappa shape index (κ1) is 26.7. The molecule has 182 valence electrons. The van der Waals surface area contributed by atoms with E-state index in [1.54, 1.807) is 17.2 Å². The first-order valence-corrected chi connectivity index (χ1v) is 12.6. The summed E-state index contributed by atoms with van der Waals surface area (Å²) in [6.45, 7) is 3.84. The Kier molecular flexibility index (Phi) is 10.7. The summed E-state index contributed by atoms with van der Waals surface area (Å²) in [6, 6.07) is 8.41. The minimum atomic E-state index is -0.821. The number of hydrogen-bond donors (Lipinski definition) is 4. The molecular formula is C23H34N4O5S. The number of urea groups is 1. The number of nitrogens with zero attached hydrogens (tertiary/aromatic N) is 1. The topological polar surface area (TPSA) is 128 Å². The summed E-state index contributed by atoms with van der Waals surface area (Å²) in [7, 11) is 0. The number of hydrogen-bond acceptors (Lipinski definition) is 6. The molecule has 1 fully saturated rings. The number of benzene rings is 1. The van der Waals surface area contributed by atoms with Crippen molar-refractivity contribution in [1.29, 1.82) is 0 Å². The number of aryl methyl sites for hydroxylation is 1. The first-order valence-electron chi connectivity index (χ1n) is 11.2. The van der Waals surface area contributed by atoms with E-state index in [2.05, 4.69) is 10.7 Å². The monoisotopic (exact) mass is 478 g/mol. The highest BCUT2D eigenvalue weighted by atomic mass is 32.2. The SMILES string of the molecule is CSCC[C@@H]1NC(=O)N(NC(=O)[C@H](CC(C)C)[C@H](CCCc2ccccc2)C(=O)NO)C1=O. The third-order valence-electron chi connectivity index (χ3n) is 5.67. The molecule has 9 nitrogen and oxygen atoms in total. The van der Waals surface area contributed by atoms with Gasteiger partial charge in [-0.1, -0.05) is 44.2 Å². The summed E-state index contributed by atoms with van der Waals surface area (Å²) in [4.78, 5) is 50.6. The molecule has 0 radical (unpaired) electrons. The van der Waals surface area contributed by atoms with Crippen LogP contribution >= 0.6 is 11.8 Å². The number of rotatable bonds is 13. The van der Waals surface area contributed by atoms with Crippen molar-refractivity contribution in [1.82, 2.24) is 21.2 Å². The van der Waals surface area contributed by atoms with Crippen molar-refractivity contribution in [3.8, 4) is 0 Å². The van der Waals surface area contributed by atoms with Crippen LogP contribution in [0.3, 0.4) is 0 Å². The Morgan fingerprint density at radius 1 is 1.15 bits per heavy atom. The van der Waals surface area contributed by atoms with Gasteiger partial charge in [-0.05, 0) is 55.6 Å². The molecule has 10 heteroatoms. The Bertz CT molecular complexity index is 820. The summed E-state index contributed by atoms with van der Waals surface area (Å²) < 4.78 is 0. The van der Waals surface area contributed by atoms with Crippen LogP contribution < -0.4 is 16.2 Å². The van der Waals surface area contributed by atoms with Crippen molar-refractivity contribution in [3.63, 3.8) is 0 Å². The van der Waals surface area contributed by atoms with Gasteiger partial charge in [-0.2, -0.15) is 16.8 Å². The van der Waals surface area contributed by atoms with Crippen LogP contribution in [-0.4, -0.2) is 52.0 Å². The molecular weight excluding hydrogens is 444 g/mol. The molecule has 0 aliphatic carbocycles. The Hall–Kier alpha value is -2.59. The third-order valence-corrected chi connectivity index (χ3v) is 6.31. The fourth-order valence-corrected chi connectivity index (χ4v) is 4.46. The van der Waals surface area contributed by atoms with E-state index in [4.69, 9.17) is 0 Å². The molecule has 1 aliphatic rings. The standard InChI is InChI=1S/C23H34N4O5S/c1-15(2)14-18(17(21(29)26-32)11-7-10-16-8-5-4-6-9-16)20(28)25-27-22(30)19(12-13-33-3)24-23(27)31/h4-6,8-9,15,17-19,32H,7,10-14H2,1-3H3,(H,24,31)(H,25,28)(H,26,29)/t17-,18+,19-/m0/s1. The smallest absolute Gasteiger partial charge is 0.324 e. The van der Waals surface area contributed by atoms with Gasteiger partial charge in [-0.15, -0.1) is 0 Å². The maximum Gasteiger partial charge on any atom is 0.344 e. The second-order valence-electron chi connectivity index (χ2n) is 8.63. The lowest BCUT2D eigenvalue weighted by molar-refractivity contribution is -0.144. The van der Waals surface area contributed by atoms with Gasteiger partial charge in [0.2, 0.25) is 11.8 Å². The lowest BCUT2D eigenvalue weighted by Gasteiger charge is -2.27. The lowest BCUT2D eigenvalue weighted by atomic mass is 9.81. The van der Waals surface area contributed by atoms with Crippen LogP contribution in [0.5, 0.6) is 0 Å². The van der Waals surface area contributed by atoms with E-state index < -0.39 is 41.6 Å². The molecule has 0 unspecified atom stereocenters. The van der Waals surface area contributed by atoms with E-state index >= 15 is 0 Å². The summed E-state index contributed by atoms with van der Waals surface area (Å²) in [5.74, 6) is -2.63. The molecule has 0 saturated carbocycles. The number of carbonyl (C=O) groups excluding carboxylic acids is 4. The van der Waals surface area contributed by atoms with Gasteiger partial charge in [0.05, 0.1) is 11.8 Å². The van der Waals surface area contributed by atoms with Crippen molar-refractivity contribution in [2.75, 3.05) is 12.0 Å². The predicted molar refractivity (Wildman–Crippen MR) is 126 cm³/mol. The molecule has 2 rings (SSSR count). The van der Waals surface area contributed by atoms with E-state index in [0.717, 1.165) is 12.0 Å². The number of hydrazine groups is 1. The molecule has 33 heavy (non-hydrogen) atoms. The normalized spacial score (nSPS) is 17.6. The van der Waals surface area contributed by atoms with E-state index in [1.165, 1.54) is 0 Å². The molecule has 1 aliphatic heterocycles. The highest BCUT2D eigenvalue weighted by Gasteiger charge is 2.41. The maximum absolute atomic E-state index is 13.2. The van der Waals surface area contributed by atoms with Gasteiger partial charge >= 0.3 is 6.03 Å². The van der Waals surface area contributed by atoms with Crippen LogP contribution in [0, 0.1) is 17.8 Å². The molecule has 1 saturated heterocycles. The summed E-state index contributed by atoms with van der Waals surface area (Å²) >= 11 is 1.56. The maximum atomic E-state index is 13.2. The molecule has 1 aromatic carbocycles. The van der Waals surface area contributed by atoms with E-state index in [-0.39, 0.29) is 5.92 Å². The van der Waals surface area contributed by atoms with Gasteiger partial charge in [0, 0.05) is 0 Å². The second-order valence-corrected chi connectivity index (χ2v) is 9.62. The third kappa shape index (κ3) is 7.75. The molecule has 0 bridgehead atoms. The highest BCUT2D eigenvalue weighted by Crippen LogP contribution is 2.27. The molecule has 4 N–H and O–H groups in total. The van der Waals surface area contributed by atoms with Crippen molar-refractivity contribution >= 4 is 35.5 Å². The number of thioether (sulfide) groups is 1. The largest absolute Gasteiger partial charge is 0.344 e. The van der Waals surface area contributed by atoms with Gasteiger partial charge < -0.3 is 5.32 Å². The van der Waals surface area contributed by atoms with Crippen LogP contribution in [0.1, 0.15) is 45.1 Å². The highest BCUT2D eigenvalue weighted by molar-refractivity contribution is 7.98. The minimum absolute atomic E-state index is 0.0706. The van der Waals surface area contributed by atoms with Crippen molar-refractivity contribution in [2.24, 2.45) is 17.8 Å². The molecule has 1 aromatic rings. The zero-order valence-electron chi connectivity index (χ0n) is 19.4. The Labute approximate surface area is 199 Å². The van der Waals surface area contributed by atoms with Gasteiger partial charge in [-0.3, -0.25) is 25.0 Å². The fourth-order valence-electron chi connectivity index (χ4n) is 3.99. The minimum Gasteiger partial charge on any atom is -0.324 e. The Morgan fingerprint density at radius 2 is 1.85 bits per heavy atom. The number of nitrogens with one attached hydrogen (secondary N) is 3. The number of carbonyl (C=O) groups is 4. The average Bonchev–Trinajstić information content (AvgIpc) is 3.06. The Morgan fingerprint density at radius 3 is 2.45 bits per heavy atom. The first-order chi connectivity index (χ1) is 15.8. The lowest BCUT2D eigenvalue weighted by Crippen LogP contribution is -2.51. The van der Waals surface area contributed by atoms with Crippen molar-refractivity contribution in [2.45, 2.75) is 52.0 Å². The molecule has 1 heterocycles. The molecule has 0 spiro atoms. The summed E-state index contributed by atoms with van der Waals surface area (Å²) in [5, 5.41) is 12.6. The summed E-state index contributed by atoms with van der Waals surface area (Å²) in [5.41, 5.74) is 5.22. The van der Waals surface area contributed by atoms with Crippen LogP contribution in [0.25, 0.3) is 0 Å². The van der Waals surface area contributed by atoms with Gasteiger partial charge in [0.1, 0.15) is 6.04 Å². The van der Waals surface area contributed by atoms with Crippen LogP contribution in [0.2, 0.25) is 0 Å². The quantitative estimate of drug-likeness (QED) is 0.196. The van der Waals surface area contributed by atoms with Crippen LogP contribution in [0.4, 0.5) is 4.79 Å². The van der Waals surface area contributed by atoms with Gasteiger partial charge in [0.25, 0.3) is 5.91 Å². The van der Waals surface area contributed by atoms with Crippen LogP contribution in [0.15, 0.2) is 30.3 Å². The van der Waals surface area contributed by atoms with Crippen molar-refractivity contribution in [3.05, 3.63) is 35.9 Å². The number of amides is 5. The predicted octanol–water partition coefficient (Wildman–Crippen LogP) is 2.50. The molecule has 0 aromatic heterocycles. The van der Waals surface area contributed by atoms with E-state index in [0.29, 0.717) is 36.4 Å². The van der Waals surface area contributed by atoms with Crippen LogP contribution in [-0.2, 0) is 20.8 Å². The summed E-state index contributed by atoms with van der Waals surface area (Å²) in [6.07, 6.45) is 4.43. The van der Waals surface area contributed by atoms with E-state index in [9.17, 15) is 24.4 Å². The molecule has 3 atom stereocenters. The van der Waals surface area contributed by atoms with Gasteiger partial charge in [-0.25, -0.2) is 10.3 Å². The number of imide groups is 1.